The number of hydrogen-bond acceptors (Lipinski definition) is 5. The molecule has 0 aliphatic carbocycles. The van der Waals surface area contributed by atoms with Crippen molar-refractivity contribution in [2.24, 2.45) is 14.1 Å². The van der Waals surface area contributed by atoms with Gasteiger partial charge >= 0.3 is 5.69 Å². The lowest BCUT2D eigenvalue weighted by molar-refractivity contribution is -0.132. The number of likely N-dealkylation sites (N-methyl/N-ethyl adjacent to an activating group) is 1. The molecule has 0 aliphatic heterocycles. The minimum absolute atomic E-state index is 0.0830. The Hall–Kier alpha value is -4.02. The quantitative estimate of drug-likeness (QED) is 0.381. The van der Waals surface area contributed by atoms with Crippen molar-refractivity contribution in [2.75, 3.05) is 7.05 Å². The van der Waals surface area contributed by atoms with E-state index >= 15 is 0 Å². The lowest BCUT2D eigenvalue weighted by Gasteiger charge is -2.25. The zero-order valence-electron chi connectivity index (χ0n) is 20.8. The summed E-state index contributed by atoms with van der Waals surface area (Å²) in [5, 5.41) is 0.0830. The maximum Gasteiger partial charge on any atom is 0.330 e. The molecule has 37 heavy (non-hydrogen) atoms. The Balaban J connectivity index is 1.69. The summed E-state index contributed by atoms with van der Waals surface area (Å²) in [7, 11) is 0.260. The zero-order chi connectivity index (χ0) is 26.7. The van der Waals surface area contributed by atoms with Crippen LogP contribution < -0.4 is 16.0 Å². The first kappa shape index (κ1) is 26.1. The summed E-state index contributed by atoms with van der Waals surface area (Å²) in [4.78, 5) is 39.7. The maximum atomic E-state index is 13.5. The molecule has 0 radical (unpaired) electrons. The third-order valence-corrected chi connectivity index (χ3v) is 7.73. The highest BCUT2D eigenvalue weighted by molar-refractivity contribution is 7.89. The standard InChI is InChI=1S/C27H28N4O5S/c1-29(18-20-12-8-5-9-13-20)26(33)23(16-19-10-6-4-7-11-19)28-37(35,36)21-14-15-24-22(17-21)25(32)31(3)27(34)30(24)2/h4-15,17,23,28H,16,18H2,1-3H3/t23-/m1/s1. The van der Waals surface area contributed by atoms with Gasteiger partial charge in [-0.3, -0.25) is 18.7 Å². The second-order valence-electron chi connectivity index (χ2n) is 8.93. The van der Waals surface area contributed by atoms with Crippen LogP contribution in [0.5, 0.6) is 0 Å². The van der Waals surface area contributed by atoms with Gasteiger partial charge in [0.15, 0.2) is 0 Å². The minimum atomic E-state index is -4.21. The lowest BCUT2D eigenvalue weighted by atomic mass is 10.1. The van der Waals surface area contributed by atoms with Crippen molar-refractivity contribution in [3.8, 4) is 0 Å². The highest BCUT2D eigenvalue weighted by Crippen LogP contribution is 2.17. The van der Waals surface area contributed by atoms with Gasteiger partial charge in [-0.05, 0) is 35.7 Å². The number of aryl methyl sites for hydroxylation is 1. The van der Waals surface area contributed by atoms with Gasteiger partial charge in [0.05, 0.1) is 15.8 Å². The average Bonchev–Trinajstić information content (AvgIpc) is 2.90. The molecule has 1 atom stereocenters. The van der Waals surface area contributed by atoms with Crippen LogP contribution in [-0.4, -0.2) is 41.4 Å². The van der Waals surface area contributed by atoms with Crippen molar-refractivity contribution in [3.05, 3.63) is 111 Å². The van der Waals surface area contributed by atoms with Crippen molar-refractivity contribution < 1.29 is 13.2 Å². The number of carbonyl (C=O) groups excluding carboxylic acids is 1. The van der Waals surface area contributed by atoms with Gasteiger partial charge < -0.3 is 4.90 Å². The number of hydrogen-bond donors (Lipinski definition) is 1. The summed E-state index contributed by atoms with van der Waals surface area (Å²) in [6.45, 7) is 0.312. The largest absolute Gasteiger partial charge is 0.340 e. The topological polar surface area (TPSA) is 110 Å². The van der Waals surface area contributed by atoms with Crippen LogP contribution in [0.3, 0.4) is 0 Å². The normalized spacial score (nSPS) is 12.4. The van der Waals surface area contributed by atoms with Gasteiger partial charge in [-0.2, -0.15) is 4.72 Å². The Kier molecular flexibility index (Phi) is 7.42. The fraction of sp³-hybridized carbons (Fsp3) is 0.222. The van der Waals surface area contributed by atoms with Crippen LogP contribution >= 0.6 is 0 Å². The lowest BCUT2D eigenvalue weighted by Crippen LogP contribution is -2.48. The molecule has 1 N–H and O–H groups in total. The molecule has 0 unspecified atom stereocenters. The van der Waals surface area contributed by atoms with E-state index in [0.717, 1.165) is 15.7 Å². The molecule has 0 aliphatic rings. The third-order valence-electron chi connectivity index (χ3n) is 6.27. The van der Waals surface area contributed by atoms with Crippen LogP contribution in [0.15, 0.2) is 93.3 Å². The van der Waals surface area contributed by atoms with E-state index in [1.165, 1.54) is 41.8 Å². The van der Waals surface area contributed by atoms with Crippen molar-refractivity contribution in [2.45, 2.75) is 23.9 Å². The molecule has 3 aromatic carbocycles. The third kappa shape index (κ3) is 5.55. The number of fused-ring (bicyclic) bond motifs is 1. The number of rotatable bonds is 8. The Morgan fingerprint density at radius 1 is 0.892 bits per heavy atom. The number of nitrogens with one attached hydrogen (secondary N) is 1. The average molecular weight is 521 g/mol. The second-order valence-corrected chi connectivity index (χ2v) is 10.6. The first-order chi connectivity index (χ1) is 17.6. The number of amides is 1. The van der Waals surface area contributed by atoms with E-state index in [0.29, 0.717) is 12.1 Å². The van der Waals surface area contributed by atoms with E-state index in [9.17, 15) is 22.8 Å². The Morgan fingerprint density at radius 2 is 1.49 bits per heavy atom. The van der Waals surface area contributed by atoms with Gasteiger partial charge in [0.2, 0.25) is 15.9 Å². The monoisotopic (exact) mass is 520 g/mol. The van der Waals surface area contributed by atoms with Crippen LogP contribution in [0.25, 0.3) is 10.9 Å². The van der Waals surface area contributed by atoms with Gasteiger partial charge in [-0.1, -0.05) is 60.7 Å². The Labute approximate surface area is 214 Å². The minimum Gasteiger partial charge on any atom is -0.340 e. The van der Waals surface area contributed by atoms with Gasteiger partial charge in [-0.15, -0.1) is 0 Å². The molecule has 4 aromatic rings. The summed E-state index contributed by atoms with van der Waals surface area (Å²) in [5.74, 6) is -0.393. The molecule has 0 bridgehead atoms. The fourth-order valence-corrected chi connectivity index (χ4v) is 5.44. The highest BCUT2D eigenvalue weighted by Gasteiger charge is 2.29. The van der Waals surface area contributed by atoms with Crippen LogP contribution in [0, 0.1) is 0 Å². The molecular formula is C27H28N4O5S. The van der Waals surface area contributed by atoms with E-state index in [1.807, 2.05) is 60.7 Å². The van der Waals surface area contributed by atoms with Crippen LogP contribution in [-0.2, 0) is 41.9 Å². The summed E-state index contributed by atoms with van der Waals surface area (Å²) in [5.41, 5.74) is 0.900. The molecular weight excluding hydrogens is 492 g/mol. The second kappa shape index (κ2) is 10.5. The van der Waals surface area contributed by atoms with Gasteiger partial charge in [0.1, 0.15) is 6.04 Å². The van der Waals surface area contributed by atoms with E-state index in [4.69, 9.17) is 0 Å². The summed E-state index contributed by atoms with van der Waals surface area (Å²) >= 11 is 0. The van der Waals surface area contributed by atoms with Crippen LogP contribution in [0.2, 0.25) is 0 Å². The molecule has 10 heteroatoms. The van der Waals surface area contributed by atoms with Crippen LogP contribution in [0.4, 0.5) is 0 Å². The Bertz CT molecular complexity index is 1660. The van der Waals surface area contributed by atoms with E-state index in [1.54, 1.807) is 7.05 Å². The molecule has 0 spiro atoms. The smallest absolute Gasteiger partial charge is 0.330 e. The summed E-state index contributed by atoms with van der Waals surface area (Å²) in [6, 6.07) is 21.4. The molecule has 1 amide bonds. The summed E-state index contributed by atoms with van der Waals surface area (Å²) < 4.78 is 31.7. The number of aromatic nitrogens is 2. The highest BCUT2D eigenvalue weighted by atomic mass is 32.2. The number of sulfonamides is 1. The molecule has 9 nitrogen and oxygen atoms in total. The number of carbonyl (C=O) groups is 1. The van der Waals surface area contributed by atoms with Crippen molar-refractivity contribution in [3.63, 3.8) is 0 Å². The fourth-order valence-electron chi connectivity index (χ4n) is 4.23. The molecule has 0 saturated heterocycles. The van der Waals surface area contributed by atoms with Gasteiger partial charge in [-0.25, -0.2) is 13.2 Å². The zero-order valence-corrected chi connectivity index (χ0v) is 21.6. The SMILES string of the molecule is CN(Cc1ccccc1)C(=O)[C@@H](Cc1ccccc1)NS(=O)(=O)c1ccc2c(c1)c(=O)n(C)c(=O)n2C. The summed E-state index contributed by atoms with van der Waals surface area (Å²) in [6.07, 6.45) is 0.141. The van der Waals surface area contributed by atoms with E-state index in [2.05, 4.69) is 4.72 Å². The molecule has 1 aromatic heterocycles. The van der Waals surface area contributed by atoms with Gasteiger partial charge in [0, 0.05) is 27.7 Å². The van der Waals surface area contributed by atoms with Gasteiger partial charge in [0.25, 0.3) is 5.56 Å². The molecule has 192 valence electrons. The predicted molar refractivity (Wildman–Crippen MR) is 142 cm³/mol. The van der Waals surface area contributed by atoms with Crippen molar-refractivity contribution in [1.82, 2.24) is 18.8 Å². The molecule has 4 rings (SSSR count). The number of benzene rings is 3. The number of nitrogens with zero attached hydrogens (tertiary/aromatic N) is 3. The van der Waals surface area contributed by atoms with Crippen molar-refractivity contribution in [1.29, 1.82) is 0 Å². The Morgan fingerprint density at radius 3 is 2.11 bits per heavy atom. The molecule has 1 heterocycles. The van der Waals surface area contributed by atoms with Crippen LogP contribution in [0.1, 0.15) is 11.1 Å². The van der Waals surface area contributed by atoms with E-state index in [-0.39, 0.29) is 16.7 Å². The predicted octanol–water partition coefficient (Wildman–Crippen LogP) is 1.79. The van der Waals surface area contributed by atoms with Crippen molar-refractivity contribution >= 4 is 26.8 Å². The first-order valence-electron chi connectivity index (χ1n) is 11.6. The van der Waals surface area contributed by atoms with E-state index < -0.39 is 33.2 Å². The maximum absolute atomic E-state index is 13.5. The molecule has 0 saturated carbocycles. The molecule has 0 fully saturated rings. The first-order valence-corrected chi connectivity index (χ1v) is 13.1.